The first kappa shape index (κ1) is 17.1. The third-order valence-corrected chi connectivity index (χ3v) is 3.10. The van der Waals surface area contributed by atoms with Crippen LogP contribution in [0.15, 0.2) is 18.2 Å². The number of rotatable bonds is 7. The maximum absolute atomic E-state index is 13.5. The van der Waals surface area contributed by atoms with E-state index in [1.807, 2.05) is 0 Å². The van der Waals surface area contributed by atoms with E-state index in [1.165, 1.54) is 6.07 Å². The van der Waals surface area contributed by atoms with Gasteiger partial charge in [0.1, 0.15) is 5.82 Å². The summed E-state index contributed by atoms with van der Waals surface area (Å²) in [4.78, 5) is 22.6. The lowest BCUT2D eigenvalue weighted by atomic mass is 9.94. The number of amides is 1. The van der Waals surface area contributed by atoms with Gasteiger partial charge in [-0.15, -0.1) is 0 Å². The Morgan fingerprint density at radius 1 is 1.38 bits per heavy atom. The second-order valence-electron chi connectivity index (χ2n) is 5.48. The van der Waals surface area contributed by atoms with Crippen LogP contribution in [0.1, 0.15) is 37.0 Å². The number of benzene rings is 1. The Morgan fingerprint density at radius 2 is 2.05 bits per heavy atom. The predicted molar refractivity (Wildman–Crippen MR) is 78.6 cm³/mol. The fourth-order valence-electron chi connectivity index (χ4n) is 2.17. The Labute approximate surface area is 123 Å². The van der Waals surface area contributed by atoms with Crippen LogP contribution in [0.2, 0.25) is 0 Å². The maximum Gasteiger partial charge on any atom is 0.338 e. The molecule has 4 N–H and O–H groups in total. The van der Waals surface area contributed by atoms with Crippen LogP contribution in [0, 0.1) is 17.7 Å². The van der Waals surface area contributed by atoms with Gasteiger partial charge in [0.25, 0.3) is 0 Å². The molecule has 1 aromatic rings. The number of halogens is 1. The summed E-state index contributed by atoms with van der Waals surface area (Å²) in [5.74, 6) is -1.95. The van der Waals surface area contributed by atoms with Gasteiger partial charge in [-0.25, -0.2) is 9.18 Å². The monoisotopic (exact) mass is 296 g/mol. The van der Waals surface area contributed by atoms with Gasteiger partial charge in [0.2, 0.25) is 5.91 Å². The van der Waals surface area contributed by atoms with Gasteiger partial charge >= 0.3 is 5.97 Å². The van der Waals surface area contributed by atoms with Crippen molar-refractivity contribution in [3.63, 3.8) is 0 Å². The number of anilines is 1. The van der Waals surface area contributed by atoms with Crippen LogP contribution in [-0.2, 0) is 4.79 Å². The highest BCUT2D eigenvalue weighted by molar-refractivity contribution is 5.92. The molecule has 0 aromatic heterocycles. The molecule has 0 saturated carbocycles. The summed E-state index contributed by atoms with van der Waals surface area (Å²) in [5.41, 5.74) is 5.45. The zero-order chi connectivity index (χ0) is 16.0. The highest BCUT2D eigenvalue weighted by Crippen LogP contribution is 2.18. The van der Waals surface area contributed by atoms with Crippen molar-refractivity contribution in [3.8, 4) is 0 Å². The van der Waals surface area contributed by atoms with Crippen molar-refractivity contribution in [1.29, 1.82) is 0 Å². The van der Waals surface area contributed by atoms with Gasteiger partial charge in [-0.2, -0.15) is 0 Å². The van der Waals surface area contributed by atoms with E-state index >= 15 is 0 Å². The fourth-order valence-corrected chi connectivity index (χ4v) is 2.17. The van der Waals surface area contributed by atoms with E-state index in [0.717, 1.165) is 18.6 Å². The lowest BCUT2D eigenvalue weighted by Gasteiger charge is -2.16. The zero-order valence-corrected chi connectivity index (χ0v) is 12.2. The number of carboxylic acid groups (broad SMARTS) is 1. The molecule has 1 atom stereocenters. The summed E-state index contributed by atoms with van der Waals surface area (Å²) in [6, 6.07) is 3.49. The highest BCUT2D eigenvalue weighted by Gasteiger charge is 2.15. The van der Waals surface area contributed by atoms with Gasteiger partial charge in [-0.1, -0.05) is 13.8 Å². The van der Waals surface area contributed by atoms with Gasteiger partial charge in [-0.3, -0.25) is 4.79 Å². The molecule has 1 amide bonds. The van der Waals surface area contributed by atoms with Crippen molar-refractivity contribution in [2.45, 2.75) is 26.7 Å². The summed E-state index contributed by atoms with van der Waals surface area (Å²) < 4.78 is 13.5. The van der Waals surface area contributed by atoms with E-state index in [9.17, 15) is 14.0 Å². The Hall–Kier alpha value is -1.95. The van der Waals surface area contributed by atoms with E-state index in [2.05, 4.69) is 19.2 Å². The number of hydrogen-bond donors (Lipinski definition) is 3. The van der Waals surface area contributed by atoms with Gasteiger partial charge in [0.15, 0.2) is 0 Å². The Kier molecular flexibility index (Phi) is 6.30. The summed E-state index contributed by atoms with van der Waals surface area (Å²) in [6.45, 7) is 4.53. The SMILES string of the molecule is CC(C)C[C@H](CN)CC(=O)Nc1ccc(C(=O)O)c(F)c1. The molecule has 0 spiro atoms. The van der Waals surface area contributed by atoms with Crippen molar-refractivity contribution >= 4 is 17.6 Å². The maximum atomic E-state index is 13.5. The molecule has 0 unspecified atom stereocenters. The summed E-state index contributed by atoms with van der Waals surface area (Å²) >= 11 is 0. The quantitative estimate of drug-likeness (QED) is 0.720. The number of carbonyl (C=O) groups excluding carboxylic acids is 1. The molecule has 21 heavy (non-hydrogen) atoms. The lowest BCUT2D eigenvalue weighted by Crippen LogP contribution is -2.23. The minimum atomic E-state index is -1.34. The lowest BCUT2D eigenvalue weighted by molar-refractivity contribution is -0.117. The summed E-state index contributed by atoms with van der Waals surface area (Å²) in [7, 11) is 0. The second kappa shape index (κ2) is 7.73. The van der Waals surface area contributed by atoms with E-state index in [4.69, 9.17) is 10.8 Å². The number of nitrogens with one attached hydrogen (secondary N) is 1. The Balaban J connectivity index is 2.66. The number of hydrogen-bond acceptors (Lipinski definition) is 3. The number of nitrogens with two attached hydrogens (primary N) is 1. The van der Waals surface area contributed by atoms with Gasteiger partial charge in [0, 0.05) is 12.1 Å². The van der Waals surface area contributed by atoms with Crippen molar-refractivity contribution in [2.24, 2.45) is 17.6 Å². The molecule has 0 fully saturated rings. The van der Waals surface area contributed by atoms with E-state index in [-0.39, 0.29) is 23.9 Å². The van der Waals surface area contributed by atoms with Crippen LogP contribution in [0.3, 0.4) is 0 Å². The molecule has 0 aliphatic heterocycles. The van der Waals surface area contributed by atoms with Gasteiger partial charge < -0.3 is 16.2 Å². The molecule has 0 aliphatic carbocycles. The summed E-state index contributed by atoms with van der Waals surface area (Å²) in [6.07, 6.45) is 1.10. The van der Waals surface area contributed by atoms with E-state index in [1.54, 1.807) is 0 Å². The molecular formula is C15H21FN2O3. The van der Waals surface area contributed by atoms with Gasteiger partial charge in [0.05, 0.1) is 5.56 Å². The van der Waals surface area contributed by atoms with Gasteiger partial charge in [-0.05, 0) is 43.0 Å². The van der Waals surface area contributed by atoms with Crippen LogP contribution in [-0.4, -0.2) is 23.5 Å². The number of aromatic carboxylic acids is 1. The zero-order valence-electron chi connectivity index (χ0n) is 12.2. The van der Waals surface area contributed by atoms with Crippen LogP contribution in [0.5, 0.6) is 0 Å². The molecule has 0 aliphatic rings. The van der Waals surface area contributed by atoms with E-state index in [0.29, 0.717) is 12.5 Å². The topological polar surface area (TPSA) is 92.4 Å². The molecule has 0 heterocycles. The normalized spacial score (nSPS) is 12.2. The Bertz CT molecular complexity index is 518. The van der Waals surface area contributed by atoms with Crippen molar-refractivity contribution in [3.05, 3.63) is 29.6 Å². The first-order valence-electron chi connectivity index (χ1n) is 6.86. The minimum absolute atomic E-state index is 0.0770. The highest BCUT2D eigenvalue weighted by atomic mass is 19.1. The minimum Gasteiger partial charge on any atom is -0.478 e. The molecule has 6 heteroatoms. The predicted octanol–water partition coefficient (Wildman–Crippen LogP) is 2.47. The average Bonchev–Trinajstić information content (AvgIpc) is 2.36. The molecule has 5 nitrogen and oxygen atoms in total. The molecule has 116 valence electrons. The van der Waals surface area contributed by atoms with Crippen molar-refractivity contribution in [2.75, 3.05) is 11.9 Å². The van der Waals surface area contributed by atoms with Crippen LogP contribution < -0.4 is 11.1 Å². The molecule has 1 aromatic carbocycles. The molecule has 0 bridgehead atoms. The van der Waals surface area contributed by atoms with Crippen molar-refractivity contribution < 1.29 is 19.1 Å². The molecule has 0 saturated heterocycles. The smallest absolute Gasteiger partial charge is 0.338 e. The molecular weight excluding hydrogens is 275 g/mol. The number of carboxylic acids is 1. The van der Waals surface area contributed by atoms with Crippen LogP contribution in [0.4, 0.5) is 10.1 Å². The van der Waals surface area contributed by atoms with Crippen LogP contribution >= 0.6 is 0 Å². The molecule has 1 rings (SSSR count). The first-order valence-corrected chi connectivity index (χ1v) is 6.86. The second-order valence-corrected chi connectivity index (χ2v) is 5.48. The number of carbonyl (C=O) groups is 2. The largest absolute Gasteiger partial charge is 0.478 e. The van der Waals surface area contributed by atoms with Crippen molar-refractivity contribution in [1.82, 2.24) is 0 Å². The Morgan fingerprint density at radius 3 is 2.52 bits per heavy atom. The fraction of sp³-hybridized carbons (Fsp3) is 0.467. The summed E-state index contributed by atoms with van der Waals surface area (Å²) in [5, 5.41) is 11.3. The van der Waals surface area contributed by atoms with E-state index < -0.39 is 17.3 Å². The third-order valence-electron chi connectivity index (χ3n) is 3.10. The third kappa shape index (κ3) is 5.51. The van der Waals surface area contributed by atoms with Crippen LogP contribution in [0.25, 0.3) is 0 Å². The molecule has 0 radical (unpaired) electrons. The average molecular weight is 296 g/mol. The first-order chi connectivity index (χ1) is 9.83. The standard InChI is InChI=1S/C15H21FN2O3/c1-9(2)5-10(8-17)6-14(19)18-11-3-4-12(15(20)21)13(16)7-11/h3-4,7,9-10H,5-6,8,17H2,1-2H3,(H,18,19)(H,20,21)/t10-/m0/s1.